The SMILES string of the molecule is ONCC1CCC(CNO)C1. The molecule has 4 nitrogen and oxygen atoms in total. The molecule has 1 aliphatic rings. The van der Waals surface area contributed by atoms with Crippen molar-refractivity contribution < 1.29 is 10.4 Å². The van der Waals surface area contributed by atoms with Crippen molar-refractivity contribution in [3.63, 3.8) is 0 Å². The summed E-state index contributed by atoms with van der Waals surface area (Å²) in [6, 6.07) is 0. The Kier molecular flexibility index (Phi) is 3.79. The topological polar surface area (TPSA) is 64.5 Å². The fraction of sp³-hybridized carbons (Fsp3) is 1.00. The fourth-order valence-electron chi connectivity index (χ4n) is 1.81. The zero-order chi connectivity index (χ0) is 8.10. The molecule has 0 aromatic rings. The molecule has 0 saturated heterocycles. The van der Waals surface area contributed by atoms with Crippen molar-refractivity contribution in [2.45, 2.75) is 19.3 Å². The van der Waals surface area contributed by atoms with Crippen LogP contribution in [0.2, 0.25) is 0 Å². The van der Waals surface area contributed by atoms with Crippen LogP contribution < -0.4 is 11.0 Å². The quantitative estimate of drug-likeness (QED) is 0.448. The van der Waals surface area contributed by atoms with Gasteiger partial charge in [-0.15, -0.1) is 0 Å². The Morgan fingerprint density at radius 3 is 1.82 bits per heavy atom. The molecule has 4 heteroatoms. The van der Waals surface area contributed by atoms with Crippen LogP contribution in [0.3, 0.4) is 0 Å². The predicted molar refractivity (Wildman–Crippen MR) is 40.4 cm³/mol. The molecule has 2 atom stereocenters. The van der Waals surface area contributed by atoms with Gasteiger partial charge in [0.2, 0.25) is 0 Å². The lowest BCUT2D eigenvalue weighted by molar-refractivity contribution is 0.140. The van der Waals surface area contributed by atoms with E-state index in [1.807, 2.05) is 0 Å². The van der Waals surface area contributed by atoms with Crippen LogP contribution in [0.15, 0.2) is 0 Å². The number of hydrogen-bond acceptors (Lipinski definition) is 4. The van der Waals surface area contributed by atoms with E-state index in [0.717, 1.165) is 19.3 Å². The maximum Gasteiger partial charge on any atom is 0.0235 e. The van der Waals surface area contributed by atoms with Crippen molar-refractivity contribution in [2.24, 2.45) is 11.8 Å². The highest BCUT2D eigenvalue weighted by atomic mass is 16.5. The van der Waals surface area contributed by atoms with Crippen LogP contribution in [0.5, 0.6) is 0 Å². The van der Waals surface area contributed by atoms with E-state index in [0.29, 0.717) is 24.9 Å². The standard InChI is InChI=1S/C7H16N2O2/c10-8-4-6-1-2-7(3-6)5-9-11/h6-11H,1-5H2. The first-order valence-corrected chi connectivity index (χ1v) is 4.10. The highest BCUT2D eigenvalue weighted by Gasteiger charge is 2.23. The van der Waals surface area contributed by atoms with Gasteiger partial charge >= 0.3 is 0 Å². The molecule has 0 aliphatic heterocycles. The van der Waals surface area contributed by atoms with Crippen molar-refractivity contribution in [3.8, 4) is 0 Å². The molecule has 1 rings (SSSR count). The Labute approximate surface area is 66.5 Å². The Bertz CT molecular complexity index is 98.6. The lowest BCUT2D eigenvalue weighted by Crippen LogP contribution is -2.20. The Balaban J connectivity index is 2.12. The van der Waals surface area contributed by atoms with E-state index < -0.39 is 0 Å². The molecule has 1 aliphatic carbocycles. The maximum absolute atomic E-state index is 8.43. The third kappa shape index (κ3) is 2.75. The smallest absolute Gasteiger partial charge is 0.0235 e. The summed E-state index contributed by atoms with van der Waals surface area (Å²) in [5, 5.41) is 16.9. The fourth-order valence-corrected chi connectivity index (χ4v) is 1.81. The second kappa shape index (κ2) is 4.66. The van der Waals surface area contributed by atoms with Gasteiger partial charge in [0.25, 0.3) is 0 Å². The molecule has 1 saturated carbocycles. The third-order valence-electron chi connectivity index (χ3n) is 2.41. The molecule has 0 aromatic carbocycles. The minimum absolute atomic E-state index is 0.582. The molecule has 4 N–H and O–H groups in total. The molecule has 11 heavy (non-hydrogen) atoms. The molecule has 0 radical (unpaired) electrons. The first-order chi connectivity index (χ1) is 5.36. The van der Waals surface area contributed by atoms with E-state index in [4.69, 9.17) is 10.4 Å². The Morgan fingerprint density at radius 1 is 1.00 bits per heavy atom. The first kappa shape index (κ1) is 8.93. The van der Waals surface area contributed by atoms with Crippen LogP contribution >= 0.6 is 0 Å². The molecule has 66 valence electrons. The molecular formula is C7H16N2O2. The van der Waals surface area contributed by atoms with Crippen LogP contribution in [-0.2, 0) is 0 Å². The lowest BCUT2D eigenvalue weighted by atomic mass is 10.1. The summed E-state index contributed by atoms with van der Waals surface area (Å²) in [6.45, 7) is 1.36. The highest BCUT2D eigenvalue weighted by Crippen LogP contribution is 2.29. The van der Waals surface area contributed by atoms with Crippen molar-refractivity contribution in [1.82, 2.24) is 11.0 Å². The Morgan fingerprint density at radius 2 is 1.45 bits per heavy atom. The van der Waals surface area contributed by atoms with Crippen molar-refractivity contribution >= 4 is 0 Å². The molecule has 2 unspecified atom stereocenters. The van der Waals surface area contributed by atoms with Gasteiger partial charge in [0.15, 0.2) is 0 Å². The van der Waals surface area contributed by atoms with Crippen molar-refractivity contribution in [2.75, 3.05) is 13.1 Å². The molecule has 0 aromatic heterocycles. The highest BCUT2D eigenvalue weighted by molar-refractivity contribution is 4.76. The maximum atomic E-state index is 8.43. The van der Waals surface area contributed by atoms with Crippen LogP contribution in [-0.4, -0.2) is 23.5 Å². The summed E-state index contributed by atoms with van der Waals surface area (Å²) in [4.78, 5) is 0. The number of nitrogens with one attached hydrogen (secondary N) is 2. The average molecular weight is 160 g/mol. The van der Waals surface area contributed by atoms with Gasteiger partial charge < -0.3 is 10.4 Å². The van der Waals surface area contributed by atoms with Gasteiger partial charge in [-0.3, -0.25) is 0 Å². The normalized spacial score (nSPS) is 31.1. The van der Waals surface area contributed by atoms with Crippen LogP contribution in [0.1, 0.15) is 19.3 Å². The number of hydrogen-bond donors (Lipinski definition) is 4. The summed E-state index contributed by atoms with van der Waals surface area (Å²) >= 11 is 0. The first-order valence-electron chi connectivity index (χ1n) is 4.10. The van der Waals surface area contributed by atoms with E-state index >= 15 is 0 Å². The largest absolute Gasteiger partial charge is 0.317 e. The molecule has 0 heterocycles. The third-order valence-corrected chi connectivity index (χ3v) is 2.41. The summed E-state index contributed by atoms with van der Waals surface area (Å²) in [5.74, 6) is 1.16. The molecule has 0 spiro atoms. The second-order valence-corrected chi connectivity index (χ2v) is 3.27. The van der Waals surface area contributed by atoms with Gasteiger partial charge in [-0.2, -0.15) is 0 Å². The van der Waals surface area contributed by atoms with Crippen LogP contribution in [0.25, 0.3) is 0 Å². The number of rotatable bonds is 4. The minimum atomic E-state index is 0.582. The molecule has 1 fully saturated rings. The van der Waals surface area contributed by atoms with Gasteiger partial charge in [0, 0.05) is 13.1 Å². The second-order valence-electron chi connectivity index (χ2n) is 3.27. The average Bonchev–Trinajstić information content (AvgIpc) is 2.38. The lowest BCUT2D eigenvalue weighted by Gasteiger charge is -2.08. The van der Waals surface area contributed by atoms with Gasteiger partial charge in [0.05, 0.1) is 0 Å². The van der Waals surface area contributed by atoms with E-state index in [1.165, 1.54) is 0 Å². The summed E-state index contributed by atoms with van der Waals surface area (Å²) in [5.41, 5.74) is 4.38. The van der Waals surface area contributed by atoms with E-state index in [9.17, 15) is 0 Å². The Hall–Kier alpha value is -0.160. The molecule has 0 bridgehead atoms. The number of hydroxylamine groups is 2. The molecular weight excluding hydrogens is 144 g/mol. The minimum Gasteiger partial charge on any atom is -0.317 e. The van der Waals surface area contributed by atoms with E-state index in [-0.39, 0.29) is 0 Å². The van der Waals surface area contributed by atoms with Gasteiger partial charge in [-0.05, 0) is 31.1 Å². The van der Waals surface area contributed by atoms with Crippen LogP contribution in [0, 0.1) is 11.8 Å². The summed E-state index contributed by atoms with van der Waals surface area (Å²) in [7, 11) is 0. The zero-order valence-corrected chi connectivity index (χ0v) is 6.58. The predicted octanol–water partition coefficient (Wildman–Crippen LogP) is 0.360. The van der Waals surface area contributed by atoms with Gasteiger partial charge in [0.1, 0.15) is 0 Å². The summed E-state index contributed by atoms with van der Waals surface area (Å²) < 4.78 is 0. The van der Waals surface area contributed by atoms with Crippen molar-refractivity contribution in [3.05, 3.63) is 0 Å². The van der Waals surface area contributed by atoms with E-state index in [2.05, 4.69) is 11.0 Å². The molecule has 0 amide bonds. The van der Waals surface area contributed by atoms with E-state index in [1.54, 1.807) is 0 Å². The van der Waals surface area contributed by atoms with Crippen molar-refractivity contribution in [1.29, 1.82) is 0 Å². The van der Waals surface area contributed by atoms with Gasteiger partial charge in [-0.1, -0.05) is 0 Å². The van der Waals surface area contributed by atoms with Gasteiger partial charge in [-0.25, -0.2) is 11.0 Å². The van der Waals surface area contributed by atoms with Crippen LogP contribution in [0.4, 0.5) is 0 Å². The zero-order valence-electron chi connectivity index (χ0n) is 6.58. The summed E-state index contributed by atoms with van der Waals surface area (Å²) in [6.07, 6.45) is 3.40. The monoisotopic (exact) mass is 160 g/mol.